The minimum Gasteiger partial charge on any atom is -0.339 e. The molecular formula is C16H21N3O4S. The Morgan fingerprint density at radius 3 is 2.54 bits per heavy atom. The van der Waals surface area contributed by atoms with Crippen molar-refractivity contribution in [3.63, 3.8) is 0 Å². The molecule has 1 aromatic carbocycles. The maximum Gasteiger partial charge on any atom is 0.255 e. The van der Waals surface area contributed by atoms with Crippen LogP contribution in [-0.4, -0.2) is 50.5 Å². The van der Waals surface area contributed by atoms with E-state index in [0.717, 1.165) is 25.9 Å². The number of primary sulfonamides is 1. The molecule has 0 bridgehead atoms. The van der Waals surface area contributed by atoms with E-state index >= 15 is 0 Å². The molecule has 24 heavy (non-hydrogen) atoms. The second-order valence-electron chi connectivity index (χ2n) is 6.42. The van der Waals surface area contributed by atoms with Gasteiger partial charge in [0.05, 0.1) is 17.0 Å². The van der Waals surface area contributed by atoms with Crippen molar-refractivity contribution < 1.29 is 18.0 Å². The van der Waals surface area contributed by atoms with Gasteiger partial charge < -0.3 is 9.80 Å². The molecule has 2 fully saturated rings. The molecule has 0 radical (unpaired) electrons. The maximum atomic E-state index is 12.7. The average molecular weight is 351 g/mol. The minimum absolute atomic E-state index is 0.0780. The van der Waals surface area contributed by atoms with E-state index in [9.17, 15) is 18.0 Å². The molecule has 2 amide bonds. The van der Waals surface area contributed by atoms with Gasteiger partial charge in [-0.15, -0.1) is 0 Å². The quantitative estimate of drug-likeness (QED) is 0.856. The van der Waals surface area contributed by atoms with E-state index < -0.39 is 10.0 Å². The first-order chi connectivity index (χ1) is 11.3. The van der Waals surface area contributed by atoms with Crippen LogP contribution in [0.2, 0.25) is 0 Å². The molecule has 2 heterocycles. The van der Waals surface area contributed by atoms with Gasteiger partial charge in [-0.3, -0.25) is 9.59 Å². The number of amides is 2. The van der Waals surface area contributed by atoms with Crippen molar-refractivity contribution in [2.45, 2.75) is 19.3 Å². The summed E-state index contributed by atoms with van der Waals surface area (Å²) in [7, 11) is -3.63. The number of carbonyl (C=O) groups is 2. The highest BCUT2D eigenvalue weighted by Crippen LogP contribution is 2.30. The van der Waals surface area contributed by atoms with Crippen LogP contribution in [0.25, 0.3) is 0 Å². The number of benzene rings is 1. The third kappa shape index (κ3) is 3.59. The topological polar surface area (TPSA) is 101 Å². The standard InChI is InChI=1S/C16H21N3O4S/c17-24(22,23)11-12-9-15(20)19(10-12)14-6-2-1-5-13(14)16(21)18-7-3-4-8-18/h1-2,5-6,12H,3-4,7-11H2,(H2,17,22,23). The lowest BCUT2D eigenvalue weighted by atomic mass is 10.1. The first-order valence-electron chi connectivity index (χ1n) is 8.04. The van der Waals surface area contributed by atoms with Crippen LogP contribution in [-0.2, 0) is 14.8 Å². The first kappa shape index (κ1) is 16.9. The van der Waals surface area contributed by atoms with Gasteiger partial charge in [0.25, 0.3) is 5.91 Å². The molecule has 0 spiro atoms. The number of hydrogen-bond donors (Lipinski definition) is 1. The summed E-state index contributed by atoms with van der Waals surface area (Å²) in [4.78, 5) is 28.4. The minimum atomic E-state index is -3.63. The van der Waals surface area contributed by atoms with Crippen LogP contribution in [0.4, 0.5) is 5.69 Å². The fourth-order valence-corrected chi connectivity index (χ4v) is 4.32. The van der Waals surface area contributed by atoms with E-state index in [2.05, 4.69) is 0 Å². The van der Waals surface area contributed by atoms with E-state index in [1.54, 1.807) is 29.2 Å². The number of nitrogens with zero attached hydrogens (tertiary/aromatic N) is 2. The van der Waals surface area contributed by atoms with E-state index in [-0.39, 0.29) is 36.5 Å². The maximum absolute atomic E-state index is 12.7. The van der Waals surface area contributed by atoms with Crippen LogP contribution >= 0.6 is 0 Å². The average Bonchev–Trinajstić information content (AvgIpc) is 3.15. The molecular weight excluding hydrogens is 330 g/mol. The largest absolute Gasteiger partial charge is 0.339 e. The molecule has 2 N–H and O–H groups in total. The van der Waals surface area contributed by atoms with Crippen LogP contribution in [0.5, 0.6) is 0 Å². The lowest BCUT2D eigenvalue weighted by Crippen LogP contribution is -2.32. The Labute approximate surface area is 141 Å². The van der Waals surface area contributed by atoms with Crippen LogP contribution in [0.1, 0.15) is 29.6 Å². The summed E-state index contributed by atoms with van der Waals surface area (Å²) < 4.78 is 22.5. The summed E-state index contributed by atoms with van der Waals surface area (Å²) in [5.74, 6) is -0.823. The highest BCUT2D eigenvalue weighted by atomic mass is 32.2. The molecule has 3 rings (SSSR count). The Balaban J connectivity index is 1.84. The number of anilines is 1. The van der Waals surface area contributed by atoms with Gasteiger partial charge in [-0.05, 0) is 25.0 Å². The summed E-state index contributed by atoms with van der Waals surface area (Å²) in [6, 6.07) is 7.00. The molecule has 2 saturated heterocycles. The molecule has 0 aliphatic carbocycles. The number of hydrogen-bond acceptors (Lipinski definition) is 4. The molecule has 2 aliphatic rings. The highest BCUT2D eigenvalue weighted by molar-refractivity contribution is 7.89. The smallest absolute Gasteiger partial charge is 0.255 e. The summed E-state index contributed by atoms with van der Waals surface area (Å²) in [6.45, 7) is 1.73. The molecule has 7 nitrogen and oxygen atoms in total. The second kappa shape index (κ2) is 6.52. The van der Waals surface area contributed by atoms with Crippen molar-refractivity contribution in [3.8, 4) is 0 Å². The number of likely N-dealkylation sites (tertiary alicyclic amines) is 1. The zero-order valence-corrected chi connectivity index (χ0v) is 14.2. The zero-order chi connectivity index (χ0) is 17.3. The van der Waals surface area contributed by atoms with Crippen LogP contribution in [0.15, 0.2) is 24.3 Å². The van der Waals surface area contributed by atoms with Crippen molar-refractivity contribution in [3.05, 3.63) is 29.8 Å². The van der Waals surface area contributed by atoms with Crippen molar-refractivity contribution in [1.82, 2.24) is 4.90 Å². The van der Waals surface area contributed by atoms with Gasteiger partial charge in [-0.2, -0.15) is 0 Å². The first-order valence-corrected chi connectivity index (χ1v) is 9.76. The van der Waals surface area contributed by atoms with E-state index in [1.165, 1.54) is 4.90 Å². The van der Waals surface area contributed by atoms with Crippen molar-refractivity contribution in [2.75, 3.05) is 30.3 Å². The number of rotatable bonds is 4. The lowest BCUT2D eigenvalue weighted by molar-refractivity contribution is -0.117. The molecule has 1 unspecified atom stereocenters. The van der Waals surface area contributed by atoms with Gasteiger partial charge in [0.1, 0.15) is 0 Å². The summed E-state index contributed by atoms with van der Waals surface area (Å²) in [5, 5.41) is 5.09. The van der Waals surface area contributed by atoms with Gasteiger partial charge in [0, 0.05) is 32.0 Å². The third-order valence-corrected chi connectivity index (χ3v) is 5.43. The third-order valence-electron chi connectivity index (χ3n) is 4.49. The molecule has 2 aliphatic heterocycles. The normalized spacial score (nSPS) is 21.5. The SMILES string of the molecule is NS(=O)(=O)CC1CC(=O)N(c2ccccc2C(=O)N2CCCC2)C1. The Bertz CT molecular complexity index is 756. The van der Waals surface area contributed by atoms with Crippen LogP contribution < -0.4 is 10.0 Å². The van der Waals surface area contributed by atoms with E-state index in [1.807, 2.05) is 0 Å². The van der Waals surface area contributed by atoms with E-state index in [0.29, 0.717) is 11.3 Å². The molecule has 8 heteroatoms. The Morgan fingerprint density at radius 1 is 1.21 bits per heavy atom. The number of sulfonamides is 1. The molecule has 0 aromatic heterocycles. The van der Waals surface area contributed by atoms with Crippen molar-refractivity contribution in [1.29, 1.82) is 0 Å². The van der Waals surface area contributed by atoms with Crippen LogP contribution in [0, 0.1) is 5.92 Å². The predicted octanol–water partition coefficient (Wildman–Crippen LogP) is 0.564. The van der Waals surface area contributed by atoms with E-state index in [4.69, 9.17) is 5.14 Å². The molecule has 1 atom stereocenters. The van der Waals surface area contributed by atoms with Crippen molar-refractivity contribution in [2.24, 2.45) is 11.1 Å². The molecule has 130 valence electrons. The van der Waals surface area contributed by atoms with Crippen LogP contribution in [0.3, 0.4) is 0 Å². The second-order valence-corrected chi connectivity index (χ2v) is 8.08. The summed E-state index contributed by atoms with van der Waals surface area (Å²) in [5.41, 5.74) is 1.04. The van der Waals surface area contributed by atoms with Gasteiger partial charge >= 0.3 is 0 Å². The monoisotopic (exact) mass is 351 g/mol. The highest BCUT2D eigenvalue weighted by Gasteiger charge is 2.35. The molecule has 1 aromatic rings. The predicted molar refractivity (Wildman–Crippen MR) is 90.0 cm³/mol. The summed E-state index contributed by atoms with van der Waals surface area (Å²) in [6.07, 6.45) is 2.11. The number of para-hydroxylation sites is 1. The van der Waals surface area contributed by atoms with Crippen molar-refractivity contribution >= 4 is 27.5 Å². The Morgan fingerprint density at radius 2 is 1.88 bits per heavy atom. The number of carbonyl (C=O) groups excluding carboxylic acids is 2. The van der Waals surface area contributed by atoms with Gasteiger partial charge in [0.15, 0.2) is 0 Å². The van der Waals surface area contributed by atoms with Gasteiger partial charge in [-0.25, -0.2) is 13.6 Å². The van der Waals surface area contributed by atoms with Gasteiger partial charge in [-0.1, -0.05) is 12.1 Å². The lowest BCUT2D eigenvalue weighted by Gasteiger charge is -2.23. The fourth-order valence-electron chi connectivity index (χ4n) is 3.43. The summed E-state index contributed by atoms with van der Waals surface area (Å²) >= 11 is 0. The fraction of sp³-hybridized carbons (Fsp3) is 0.500. The molecule has 0 saturated carbocycles. The van der Waals surface area contributed by atoms with Gasteiger partial charge in [0.2, 0.25) is 15.9 Å². The Hall–Kier alpha value is -1.93. The number of nitrogens with two attached hydrogens (primary N) is 1. The zero-order valence-electron chi connectivity index (χ0n) is 13.3. The Kier molecular flexibility index (Phi) is 4.60.